The summed E-state index contributed by atoms with van der Waals surface area (Å²) in [6, 6.07) is 12.8. The van der Waals surface area contributed by atoms with E-state index in [9.17, 15) is 9.59 Å². The number of amides is 2. The number of nitrogens with one attached hydrogen (secondary N) is 3. The smallest absolute Gasteiger partial charge is 0.253 e. The highest BCUT2D eigenvalue weighted by Crippen LogP contribution is 2.30. The zero-order valence-corrected chi connectivity index (χ0v) is 16.5. The molecule has 0 aliphatic heterocycles. The molecule has 0 atom stereocenters. The highest BCUT2D eigenvalue weighted by atomic mass is 16.5. The maximum absolute atomic E-state index is 12.7. The maximum atomic E-state index is 12.7. The molecule has 3 aromatic rings. The van der Waals surface area contributed by atoms with Gasteiger partial charge in [-0.25, -0.2) is 0 Å². The van der Waals surface area contributed by atoms with Crippen LogP contribution in [0.15, 0.2) is 42.5 Å². The van der Waals surface area contributed by atoms with Gasteiger partial charge in [-0.05, 0) is 55.5 Å². The third kappa shape index (κ3) is 3.97. The molecule has 0 saturated heterocycles. The van der Waals surface area contributed by atoms with Gasteiger partial charge in [0.15, 0.2) is 0 Å². The molecular weight excluding hydrogens is 366 g/mol. The number of H-pyrrole nitrogens is 1. The molecule has 6 nitrogen and oxygen atoms in total. The molecule has 0 bridgehead atoms. The number of benzene rings is 2. The molecule has 0 fully saturated rings. The predicted molar refractivity (Wildman–Crippen MR) is 113 cm³/mol. The van der Waals surface area contributed by atoms with Crippen LogP contribution in [0.25, 0.3) is 10.9 Å². The second-order valence-corrected chi connectivity index (χ2v) is 7.26. The van der Waals surface area contributed by atoms with Gasteiger partial charge in [-0.15, -0.1) is 0 Å². The van der Waals surface area contributed by atoms with Gasteiger partial charge >= 0.3 is 0 Å². The van der Waals surface area contributed by atoms with E-state index in [1.54, 1.807) is 31.4 Å². The van der Waals surface area contributed by atoms with Gasteiger partial charge < -0.3 is 20.4 Å². The van der Waals surface area contributed by atoms with Crippen LogP contribution in [0.5, 0.6) is 5.75 Å². The van der Waals surface area contributed by atoms with E-state index in [0.29, 0.717) is 30.0 Å². The van der Waals surface area contributed by atoms with Crippen LogP contribution in [0, 0.1) is 0 Å². The average molecular weight is 391 g/mol. The van der Waals surface area contributed by atoms with Crippen molar-refractivity contribution in [3.63, 3.8) is 0 Å². The molecule has 0 radical (unpaired) electrons. The predicted octanol–water partition coefficient (Wildman–Crippen LogP) is 3.22. The minimum atomic E-state index is -0.197. The lowest BCUT2D eigenvalue weighted by molar-refractivity contribution is 0.0928. The molecule has 0 spiro atoms. The Morgan fingerprint density at radius 3 is 2.59 bits per heavy atom. The Bertz CT molecular complexity index is 1050. The largest absolute Gasteiger partial charge is 0.497 e. The molecule has 1 aliphatic carbocycles. The van der Waals surface area contributed by atoms with E-state index in [1.165, 1.54) is 24.1 Å². The zero-order chi connectivity index (χ0) is 20.2. The summed E-state index contributed by atoms with van der Waals surface area (Å²) in [6.07, 6.45) is 4.50. The fraction of sp³-hybridized carbons (Fsp3) is 0.304. The SMILES string of the molecule is COc1cccc(C(=O)NCCNC(=O)c2cccc3c4c([nH]c23)CCCC4)c1. The fourth-order valence-electron chi connectivity index (χ4n) is 3.93. The number of carbonyl (C=O) groups is 2. The molecule has 4 rings (SSSR count). The van der Waals surface area contributed by atoms with Crippen LogP contribution < -0.4 is 15.4 Å². The topological polar surface area (TPSA) is 83.2 Å². The number of hydrogen-bond donors (Lipinski definition) is 3. The van der Waals surface area contributed by atoms with E-state index >= 15 is 0 Å². The first-order valence-corrected chi connectivity index (χ1v) is 10.0. The number of aromatic nitrogens is 1. The summed E-state index contributed by atoms with van der Waals surface area (Å²) < 4.78 is 5.14. The van der Waals surface area contributed by atoms with E-state index in [2.05, 4.69) is 21.7 Å². The minimum Gasteiger partial charge on any atom is -0.497 e. The molecule has 150 valence electrons. The number of hydrogen-bond acceptors (Lipinski definition) is 3. The Balaban J connectivity index is 1.36. The highest BCUT2D eigenvalue weighted by molar-refractivity contribution is 6.06. The number of rotatable bonds is 6. The Labute approximate surface area is 169 Å². The Morgan fingerprint density at radius 1 is 1.00 bits per heavy atom. The van der Waals surface area contributed by atoms with Crippen molar-refractivity contribution in [1.29, 1.82) is 0 Å². The van der Waals surface area contributed by atoms with Crippen LogP contribution in [0.3, 0.4) is 0 Å². The number of methoxy groups -OCH3 is 1. The summed E-state index contributed by atoms with van der Waals surface area (Å²) >= 11 is 0. The lowest BCUT2D eigenvalue weighted by Crippen LogP contribution is -2.34. The van der Waals surface area contributed by atoms with Gasteiger partial charge in [0, 0.05) is 29.7 Å². The third-order valence-corrected chi connectivity index (χ3v) is 5.41. The van der Waals surface area contributed by atoms with Gasteiger partial charge in [-0.1, -0.05) is 18.2 Å². The maximum Gasteiger partial charge on any atom is 0.253 e. The summed E-state index contributed by atoms with van der Waals surface area (Å²) in [5.74, 6) is 0.301. The van der Waals surface area contributed by atoms with E-state index in [1.807, 2.05) is 12.1 Å². The Hall–Kier alpha value is -3.28. The van der Waals surface area contributed by atoms with Crippen molar-refractivity contribution in [2.75, 3.05) is 20.2 Å². The van der Waals surface area contributed by atoms with Gasteiger partial charge in [0.2, 0.25) is 0 Å². The first-order chi connectivity index (χ1) is 14.2. The van der Waals surface area contributed by atoms with Crippen molar-refractivity contribution in [3.8, 4) is 5.75 Å². The summed E-state index contributed by atoms with van der Waals surface area (Å²) in [5, 5.41) is 6.87. The first-order valence-electron chi connectivity index (χ1n) is 10.0. The molecule has 1 heterocycles. The van der Waals surface area contributed by atoms with Crippen LogP contribution in [0.1, 0.15) is 44.8 Å². The molecule has 0 saturated carbocycles. The molecule has 29 heavy (non-hydrogen) atoms. The molecule has 3 N–H and O–H groups in total. The first kappa shape index (κ1) is 19.1. The number of para-hydroxylation sites is 1. The number of carbonyl (C=O) groups excluding carboxylic acids is 2. The molecular formula is C23H25N3O3. The van der Waals surface area contributed by atoms with Crippen LogP contribution in [-0.4, -0.2) is 37.0 Å². The van der Waals surface area contributed by atoms with Crippen LogP contribution >= 0.6 is 0 Å². The van der Waals surface area contributed by atoms with Crippen LogP contribution in [0.4, 0.5) is 0 Å². The van der Waals surface area contributed by atoms with Gasteiger partial charge in [-0.3, -0.25) is 9.59 Å². The fourth-order valence-corrected chi connectivity index (χ4v) is 3.93. The van der Waals surface area contributed by atoms with Crippen molar-refractivity contribution in [2.24, 2.45) is 0 Å². The second kappa shape index (κ2) is 8.39. The number of aryl methyl sites for hydroxylation is 2. The Kier molecular flexibility index (Phi) is 5.51. The normalized spacial score (nSPS) is 13.0. The molecule has 1 aliphatic rings. The summed E-state index contributed by atoms with van der Waals surface area (Å²) in [6.45, 7) is 0.699. The minimum absolute atomic E-state index is 0.134. The molecule has 2 aromatic carbocycles. The molecule has 1 aromatic heterocycles. The molecule has 6 heteroatoms. The lowest BCUT2D eigenvalue weighted by atomic mass is 9.95. The summed E-state index contributed by atoms with van der Waals surface area (Å²) in [5.41, 5.74) is 4.70. The summed E-state index contributed by atoms with van der Waals surface area (Å²) in [7, 11) is 1.56. The van der Waals surface area contributed by atoms with E-state index in [0.717, 1.165) is 23.7 Å². The monoisotopic (exact) mass is 391 g/mol. The Morgan fingerprint density at radius 2 is 1.76 bits per heavy atom. The van der Waals surface area contributed by atoms with Crippen molar-refractivity contribution < 1.29 is 14.3 Å². The van der Waals surface area contributed by atoms with Crippen LogP contribution in [0.2, 0.25) is 0 Å². The van der Waals surface area contributed by atoms with Gasteiger partial charge in [0.1, 0.15) is 5.75 Å². The number of aromatic amines is 1. The van der Waals surface area contributed by atoms with Gasteiger partial charge in [0.05, 0.1) is 18.2 Å². The lowest BCUT2D eigenvalue weighted by Gasteiger charge is -2.10. The number of fused-ring (bicyclic) bond motifs is 3. The molecule has 2 amide bonds. The van der Waals surface area contributed by atoms with Crippen molar-refractivity contribution in [3.05, 3.63) is 64.8 Å². The van der Waals surface area contributed by atoms with Crippen molar-refractivity contribution >= 4 is 22.7 Å². The third-order valence-electron chi connectivity index (χ3n) is 5.41. The number of ether oxygens (including phenoxy) is 1. The molecule has 0 unspecified atom stereocenters. The zero-order valence-electron chi connectivity index (χ0n) is 16.5. The van der Waals surface area contributed by atoms with Crippen molar-refractivity contribution in [1.82, 2.24) is 15.6 Å². The van der Waals surface area contributed by atoms with E-state index in [-0.39, 0.29) is 11.8 Å². The highest BCUT2D eigenvalue weighted by Gasteiger charge is 2.19. The van der Waals surface area contributed by atoms with Gasteiger partial charge in [-0.2, -0.15) is 0 Å². The quantitative estimate of drug-likeness (QED) is 0.564. The van der Waals surface area contributed by atoms with Crippen molar-refractivity contribution in [2.45, 2.75) is 25.7 Å². The summed E-state index contributed by atoms with van der Waals surface area (Å²) in [4.78, 5) is 28.4. The van der Waals surface area contributed by atoms with E-state index in [4.69, 9.17) is 4.74 Å². The average Bonchev–Trinajstić information content (AvgIpc) is 3.15. The van der Waals surface area contributed by atoms with E-state index < -0.39 is 0 Å². The standard InChI is InChI=1S/C23H25N3O3/c1-29-16-7-4-6-15(14-16)22(27)24-12-13-25-23(28)19-10-5-9-18-17-8-2-3-11-20(17)26-21(18)19/h4-7,9-10,14,26H,2-3,8,11-13H2,1H3,(H,24,27)(H,25,28). The van der Waals surface area contributed by atoms with Crippen LogP contribution in [-0.2, 0) is 12.8 Å². The second-order valence-electron chi connectivity index (χ2n) is 7.26. The van der Waals surface area contributed by atoms with Gasteiger partial charge in [0.25, 0.3) is 11.8 Å².